The average molecular weight is 199 g/mol. The van der Waals surface area contributed by atoms with Gasteiger partial charge in [-0.15, -0.1) is 0 Å². The Bertz CT molecular complexity index is 227. The van der Waals surface area contributed by atoms with Gasteiger partial charge in [0.15, 0.2) is 0 Å². The fourth-order valence-corrected chi connectivity index (χ4v) is 1.67. The van der Waals surface area contributed by atoms with Crippen molar-refractivity contribution in [2.24, 2.45) is 5.92 Å². The van der Waals surface area contributed by atoms with E-state index in [1.54, 1.807) is 4.90 Å². The van der Waals surface area contributed by atoms with Gasteiger partial charge in [-0.25, -0.2) is 0 Å². The predicted molar refractivity (Wildman–Crippen MR) is 51.8 cm³/mol. The van der Waals surface area contributed by atoms with Gasteiger partial charge < -0.3 is 10.0 Å². The standard InChI is InChI=1S/C10H17NO3/c1-2-3-4-9(12)11-6-5-8(7-11)10(13)14/h8H,2-7H2,1H3,(H,13,14)/t8-/m1/s1. The summed E-state index contributed by atoms with van der Waals surface area (Å²) in [6.45, 7) is 3.05. The zero-order chi connectivity index (χ0) is 10.6. The van der Waals surface area contributed by atoms with Gasteiger partial charge in [-0.05, 0) is 12.8 Å². The van der Waals surface area contributed by atoms with Crippen molar-refractivity contribution in [2.45, 2.75) is 32.6 Å². The molecule has 0 aromatic rings. The van der Waals surface area contributed by atoms with Crippen LogP contribution in [0.5, 0.6) is 0 Å². The van der Waals surface area contributed by atoms with Gasteiger partial charge in [0.2, 0.25) is 5.91 Å². The Kier molecular flexibility index (Phi) is 3.92. The Morgan fingerprint density at radius 2 is 2.21 bits per heavy atom. The van der Waals surface area contributed by atoms with Crippen LogP contribution in [0.3, 0.4) is 0 Å². The summed E-state index contributed by atoms with van der Waals surface area (Å²) >= 11 is 0. The fraction of sp³-hybridized carbons (Fsp3) is 0.800. The highest BCUT2D eigenvalue weighted by Crippen LogP contribution is 2.17. The maximum atomic E-state index is 11.5. The molecule has 1 rings (SSSR count). The number of hydrogen-bond donors (Lipinski definition) is 1. The van der Waals surface area contributed by atoms with E-state index in [0.717, 1.165) is 12.8 Å². The SMILES string of the molecule is CCCCC(=O)N1CC[C@@H](C(=O)O)C1. The molecule has 1 N–H and O–H groups in total. The first-order chi connectivity index (χ1) is 6.65. The molecule has 1 amide bonds. The second kappa shape index (κ2) is 4.98. The van der Waals surface area contributed by atoms with Crippen LogP contribution in [0.25, 0.3) is 0 Å². The van der Waals surface area contributed by atoms with Crippen LogP contribution in [0.2, 0.25) is 0 Å². The number of rotatable bonds is 4. The second-order valence-electron chi connectivity index (χ2n) is 3.77. The van der Waals surface area contributed by atoms with Gasteiger partial charge in [0.25, 0.3) is 0 Å². The van der Waals surface area contributed by atoms with E-state index in [2.05, 4.69) is 0 Å². The van der Waals surface area contributed by atoms with Crippen LogP contribution in [0.4, 0.5) is 0 Å². The van der Waals surface area contributed by atoms with Crippen molar-refractivity contribution in [3.8, 4) is 0 Å². The van der Waals surface area contributed by atoms with Gasteiger partial charge in [-0.3, -0.25) is 9.59 Å². The molecule has 0 bridgehead atoms. The van der Waals surface area contributed by atoms with Gasteiger partial charge >= 0.3 is 5.97 Å². The van der Waals surface area contributed by atoms with Crippen molar-refractivity contribution >= 4 is 11.9 Å². The van der Waals surface area contributed by atoms with Crippen molar-refractivity contribution in [1.29, 1.82) is 0 Å². The number of unbranched alkanes of at least 4 members (excludes halogenated alkanes) is 1. The molecule has 4 heteroatoms. The number of nitrogens with zero attached hydrogens (tertiary/aromatic N) is 1. The molecule has 1 saturated heterocycles. The summed E-state index contributed by atoms with van der Waals surface area (Å²) in [4.78, 5) is 23.8. The lowest BCUT2D eigenvalue weighted by Gasteiger charge is -2.15. The molecule has 1 aliphatic heterocycles. The number of carbonyl (C=O) groups excluding carboxylic acids is 1. The zero-order valence-electron chi connectivity index (χ0n) is 8.53. The van der Waals surface area contributed by atoms with E-state index in [9.17, 15) is 9.59 Å². The van der Waals surface area contributed by atoms with Gasteiger partial charge in [0.05, 0.1) is 5.92 Å². The summed E-state index contributed by atoms with van der Waals surface area (Å²) in [6, 6.07) is 0. The van der Waals surface area contributed by atoms with E-state index in [1.165, 1.54) is 0 Å². The quantitative estimate of drug-likeness (QED) is 0.737. The number of amides is 1. The van der Waals surface area contributed by atoms with Gasteiger partial charge in [0, 0.05) is 19.5 Å². The van der Waals surface area contributed by atoms with Crippen LogP contribution >= 0.6 is 0 Å². The average Bonchev–Trinajstić information content (AvgIpc) is 2.62. The van der Waals surface area contributed by atoms with E-state index in [4.69, 9.17) is 5.11 Å². The minimum absolute atomic E-state index is 0.107. The molecule has 0 unspecified atom stereocenters. The van der Waals surface area contributed by atoms with Crippen LogP contribution in [-0.2, 0) is 9.59 Å². The minimum Gasteiger partial charge on any atom is -0.481 e. The highest BCUT2D eigenvalue weighted by molar-refractivity contribution is 5.78. The Hall–Kier alpha value is -1.06. The van der Waals surface area contributed by atoms with Crippen molar-refractivity contribution in [3.05, 3.63) is 0 Å². The molecule has 0 spiro atoms. The third-order valence-corrected chi connectivity index (χ3v) is 2.63. The number of hydrogen-bond acceptors (Lipinski definition) is 2. The number of likely N-dealkylation sites (tertiary alicyclic amines) is 1. The molecule has 14 heavy (non-hydrogen) atoms. The molecule has 0 aromatic carbocycles. The highest BCUT2D eigenvalue weighted by Gasteiger charge is 2.30. The smallest absolute Gasteiger partial charge is 0.308 e. The predicted octanol–water partition coefficient (Wildman–Crippen LogP) is 1.11. The molecule has 4 nitrogen and oxygen atoms in total. The van der Waals surface area contributed by atoms with Crippen molar-refractivity contribution in [3.63, 3.8) is 0 Å². The maximum Gasteiger partial charge on any atom is 0.308 e. The third-order valence-electron chi connectivity index (χ3n) is 2.63. The van der Waals surface area contributed by atoms with E-state index in [0.29, 0.717) is 25.9 Å². The first-order valence-electron chi connectivity index (χ1n) is 5.15. The molecule has 1 atom stereocenters. The van der Waals surface area contributed by atoms with Crippen LogP contribution in [0, 0.1) is 5.92 Å². The lowest BCUT2D eigenvalue weighted by Crippen LogP contribution is -2.29. The molecule has 0 radical (unpaired) electrons. The first kappa shape index (κ1) is 11.0. The Morgan fingerprint density at radius 1 is 1.50 bits per heavy atom. The van der Waals surface area contributed by atoms with Crippen LogP contribution in [0.15, 0.2) is 0 Å². The topological polar surface area (TPSA) is 57.6 Å². The normalized spacial score (nSPS) is 21.2. The van der Waals surface area contributed by atoms with Crippen LogP contribution in [0.1, 0.15) is 32.6 Å². The van der Waals surface area contributed by atoms with Crippen molar-refractivity contribution < 1.29 is 14.7 Å². The van der Waals surface area contributed by atoms with E-state index < -0.39 is 5.97 Å². The largest absolute Gasteiger partial charge is 0.481 e. The number of carboxylic acids is 1. The molecule has 0 aliphatic carbocycles. The minimum atomic E-state index is -0.782. The molecule has 0 saturated carbocycles. The van der Waals surface area contributed by atoms with Gasteiger partial charge in [0.1, 0.15) is 0 Å². The monoisotopic (exact) mass is 199 g/mol. The number of carbonyl (C=O) groups is 2. The van der Waals surface area contributed by atoms with Gasteiger partial charge in [-0.1, -0.05) is 13.3 Å². The summed E-state index contributed by atoms with van der Waals surface area (Å²) in [5.74, 6) is -1.02. The lowest BCUT2D eigenvalue weighted by molar-refractivity contribution is -0.141. The molecule has 0 aromatic heterocycles. The molecule has 80 valence electrons. The Balaban J connectivity index is 2.34. The molecule has 1 heterocycles. The molecule has 1 fully saturated rings. The van der Waals surface area contributed by atoms with E-state index >= 15 is 0 Å². The zero-order valence-corrected chi connectivity index (χ0v) is 8.53. The van der Waals surface area contributed by atoms with Crippen LogP contribution < -0.4 is 0 Å². The summed E-state index contributed by atoms with van der Waals surface area (Å²) in [7, 11) is 0. The Labute approximate surface area is 83.9 Å². The van der Waals surface area contributed by atoms with E-state index in [1.807, 2.05) is 6.92 Å². The number of aliphatic carboxylic acids is 1. The summed E-state index contributed by atoms with van der Waals surface area (Å²) in [5, 5.41) is 8.75. The molecular formula is C10H17NO3. The maximum absolute atomic E-state index is 11.5. The van der Waals surface area contributed by atoms with Crippen LogP contribution in [-0.4, -0.2) is 35.0 Å². The van der Waals surface area contributed by atoms with Gasteiger partial charge in [-0.2, -0.15) is 0 Å². The summed E-state index contributed by atoms with van der Waals surface area (Å²) in [6.07, 6.45) is 3.06. The summed E-state index contributed by atoms with van der Waals surface area (Å²) in [5.41, 5.74) is 0. The van der Waals surface area contributed by atoms with Crippen molar-refractivity contribution in [1.82, 2.24) is 4.90 Å². The fourth-order valence-electron chi connectivity index (χ4n) is 1.67. The summed E-state index contributed by atoms with van der Waals surface area (Å²) < 4.78 is 0. The molecular weight excluding hydrogens is 182 g/mol. The number of carboxylic acid groups (broad SMARTS) is 1. The Morgan fingerprint density at radius 3 is 2.71 bits per heavy atom. The van der Waals surface area contributed by atoms with E-state index in [-0.39, 0.29) is 11.8 Å². The first-order valence-corrected chi connectivity index (χ1v) is 5.15. The van der Waals surface area contributed by atoms with Crippen molar-refractivity contribution in [2.75, 3.05) is 13.1 Å². The third kappa shape index (κ3) is 2.72. The lowest BCUT2D eigenvalue weighted by atomic mass is 10.1. The highest BCUT2D eigenvalue weighted by atomic mass is 16.4. The second-order valence-corrected chi connectivity index (χ2v) is 3.77. The molecule has 1 aliphatic rings.